The summed E-state index contributed by atoms with van der Waals surface area (Å²) in [5.41, 5.74) is 0. The summed E-state index contributed by atoms with van der Waals surface area (Å²) in [5, 5.41) is 1.82. The number of rotatable bonds is 4. The molecule has 116 valence electrons. The highest BCUT2D eigenvalue weighted by atomic mass is 32.2. The van der Waals surface area contributed by atoms with Crippen molar-refractivity contribution in [3.8, 4) is 0 Å². The highest BCUT2D eigenvalue weighted by Gasteiger charge is 2.50. The fourth-order valence-corrected chi connectivity index (χ4v) is 7.87. The Hall–Kier alpha value is -0.390. The monoisotopic (exact) mass is 325 g/mol. The first kappa shape index (κ1) is 14.2. The smallest absolute Gasteiger partial charge is 0.207 e. The second kappa shape index (κ2) is 5.07. The van der Waals surface area contributed by atoms with Gasteiger partial charge in [0.25, 0.3) is 0 Å². The average molecular weight is 325 g/mol. The van der Waals surface area contributed by atoms with Crippen molar-refractivity contribution in [2.45, 2.75) is 49.3 Å². The zero-order valence-corrected chi connectivity index (χ0v) is 14.0. The van der Waals surface area contributed by atoms with Crippen LogP contribution in [-0.4, -0.2) is 14.5 Å². The summed E-state index contributed by atoms with van der Waals surface area (Å²) in [6.07, 6.45) is 6.78. The van der Waals surface area contributed by atoms with Crippen LogP contribution in [0.1, 0.15) is 39.0 Å². The summed E-state index contributed by atoms with van der Waals surface area (Å²) >= 11 is 1.30. The van der Waals surface area contributed by atoms with Crippen molar-refractivity contribution in [3.05, 3.63) is 17.5 Å². The van der Waals surface area contributed by atoms with Crippen LogP contribution in [0.5, 0.6) is 0 Å². The molecule has 4 fully saturated rings. The summed E-state index contributed by atoms with van der Waals surface area (Å²) in [7, 11) is -3.33. The van der Waals surface area contributed by atoms with Gasteiger partial charge in [0.05, 0.1) is 0 Å². The Morgan fingerprint density at radius 3 is 2.29 bits per heavy atom. The van der Waals surface area contributed by atoms with Crippen LogP contribution in [-0.2, 0) is 10.0 Å². The van der Waals surface area contributed by atoms with E-state index in [0.717, 1.165) is 23.7 Å². The normalized spacial score (nSPS) is 39.6. The Labute approximate surface area is 131 Å². The van der Waals surface area contributed by atoms with Crippen molar-refractivity contribution >= 4 is 21.4 Å². The maximum Gasteiger partial charge on any atom is 0.250 e. The molecule has 0 unspecified atom stereocenters. The molecule has 1 aromatic heterocycles. The first-order valence-electron chi connectivity index (χ1n) is 8.09. The van der Waals surface area contributed by atoms with E-state index in [-0.39, 0.29) is 6.04 Å². The number of hydrogen-bond donors (Lipinski definition) is 1. The van der Waals surface area contributed by atoms with E-state index in [2.05, 4.69) is 11.6 Å². The lowest BCUT2D eigenvalue weighted by Crippen LogP contribution is -2.52. The summed E-state index contributed by atoms with van der Waals surface area (Å²) < 4.78 is 28.3. The molecule has 0 spiro atoms. The molecule has 4 saturated carbocycles. The first-order valence-corrected chi connectivity index (χ1v) is 10.4. The molecule has 0 amide bonds. The van der Waals surface area contributed by atoms with E-state index in [0.29, 0.717) is 10.1 Å². The Bertz CT molecular complexity index is 580. The molecule has 5 heteroatoms. The van der Waals surface area contributed by atoms with Gasteiger partial charge in [-0.1, -0.05) is 6.07 Å². The fourth-order valence-electron chi connectivity index (χ4n) is 5.58. The van der Waals surface area contributed by atoms with Gasteiger partial charge in [0.15, 0.2) is 0 Å². The van der Waals surface area contributed by atoms with Gasteiger partial charge in [0, 0.05) is 6.04 Å². The summed E-state index contributed by atoms with van der Waals surface area (Å²) in [5.74, 6) is 3.92. The number of sulfonamides is 1. The van der Waals surface area contributed by atoms with Crippen LogP contribution < -0.4 is 4.72 Å². The van der Waals surface area contributed by atoms with Crippen LogP contribution >= 0.6 is 11.3 Å². The SMILES string of the molecule is C[C@@H](NS(=O)(=O)c1cccs1)C1C2CC3CC(C2)CC1C3. The quantitative estimate of drug-likeness (QED) is 0.921. The van der Waals surface area contributed by atoms with Gasteiger partial charge in [-0.15, -0.1) is 11.3 Å². The van der Waals surface area contributed by atoms with Gasteiger partial charge >= 0.3 is 0 Å². The predicted molar refractivity (Wildman–Crippen MR) is 84.6 cm³/mol. The van der Waals surface area contributed by atoms with Crippen LogP contribution in [0.3, 0.4) is 0 Å². The zero-order valence-electron chi connectivity index (χ0n) is 12.4. The number of hydrogen-bond acceptors (Lipinski definition) is 3. The van der Waals surface area contributed by atoms with Crippen molar-refractivity contribution in [2.24, 2.45) is 29.6 Å². The van der Waals surface area contributed by atoms with Gasteiger partial charge in [-0.25, -0.2) is 13.1 Å². The van der Waals surface area contributed by atoms with Crippen LogP contribution in [0.4, 0.5) is 0 Å². The average Bonchev–Trinajstić information content (AvgIpc) is 2.91. The van der Waals surface area contributed by atoms with E-state index in [1.165, 1.54) is 43.4 Å². The van der Waals surface area contributed by atoms with Crippen molar-refractivity contribution in [1.29, 1.82) is 0 Å². The molecule has 1 heterocycles. The van der Waals surface area contributed by atoms with E-state index >= 15 is 0 Å². The minimum atomic E-state index is -3.33. The van der Waals surface area contributed by atoms with Gasteiger partial charge in [-0.2, -0.15) is 0 Å². The Kier molecular flexibility index (Phi) is 3.43. The van der Waals surface area contributed by atoms with Gasteiger partial charge < -0.3 is 0 Å². The molecule has 3 nitrogen and oxygen atoms in total. The Morgan fingerprint density at radius 1 is 1.14 bits per heavy atom. The maximum atomic E-state index is 12.4. The molecule has 5 rings (SSSR count). The minimum Gasteiger partial charge on any atom is -0.207 e. The highest BCUT2D eigenvalue weighted by Crippen LogP contribution is 2.57. The Balaban J connectivity index is 1.52. The van der Waals surface area contributed by atoms with Crippen molar-refractivity contribution < 1.29 is 8.42 Å². The molecule has 0 aliphatic heterocycles. The Morgan fingerprint density at radius 2 is 1.76 bits per heavy atom. The minimum absolute atomic E-state index is 0.0621. The molecular formula is C16H23NO2S2. The lowest BCUT2D eigenvalue weighted by molar-refractivity contribution is -0.0463. The van der Waals surface area contributed by atoms with Crippen LogP contribution in [0.25, 0.3) is 0 Å². The van der Waals surface area contributed by atoms with Gasteiger partial charge in [0.1, 0.15) is 4.21 Å². The standard InChI is InChI=1S/C16H23NO2S2/c1-10(17-21(18,19)15-3-2-4-20-15)16-13-6-11-5-12(8-13)9-14(16)7-11/h2-4,10-14,16-17H,5-9H2,1H3/t10-,11?,12?,13?,14?,16?/m1/s1. The van der Waals surface area contributed by atoms with Gasteiger partial charge in [0.2, 0.25) is 10.0 Å². The summed E-state index contributed by atoms with van der Waals surface area (Å²) in [6.45, 7) is 2.08. The molecule has 1 atom stereocenters. The predicted octanol–water partition coefficient (Wildman–Crippen LogP) is 3.49. The molecule has 0 radical (unpaired) electrons. The third-order valence-electron chi connectivity index (χ3n) is 5.98. The van der Waals surface area contributed by atoms with Crippen molar-refractivity contribution in [1.82, 2.24) is 4.72 Å². The zero-order chi connectivity index (χ0) is 14.6. The summed E-state index contributed by atoms with van der Waals surface area (Å²) in [6, 6.07) is 3.55. The molecule has 21 heavy (non-hydrogen) atoms. The molecule has 1 N–H and O–H groups in total. The van der Waals surface area contributed by atoms with E-state index in [4.69, 9.17) is 0 Å². The van der Waals surface area contributed by atoms with Crippen molar-refractivity contribution in [2.75, 3.05) is 0 Å². The summed E-state index contributed by atoms with van der Waals surface area (Å²) in [4.78, 5) is 0. The second-order valence-corrected chi connectivity index (χ2v) is 10.2. The highest BCUT2D eigenvalue weighted by molar-refractivity contribution is 7.91. The molecule has 4 aliphatic rings. The largest absolute Gasteiger partial charge is 0.250 e. The lowest BCUT2D eigenvalue weighted by atomic mass is 9.51. The molecule has 0 aromatic carbocycles. The molecule has 4 bridgehead atoms. The van der Waals surface area contributed by atoms with Crippen LogP contribution in [0, 0.1) is 29.6 Å². The fraction of sp³-hybridized carbons (Fsp3) is 0.750. The second-order valence-electron chi connectivity index (χ2n) is 7.35. The topological polar surface area (TPSA) is 46.2 Å². The van der Waals surface area contributed by atoms with E-state index < -0.39 is 10.0 Å². The number of nitrogens with one attached hydrogen (secondary N) is 1. The third-order valence-corrected chi connectivity index (χ3v) is 8.93. The van der Waals surface area contributed by atoms with E-state index in [1.54, 1.807) is 12.1 Å². The van der Waals surface area contributed by atoms with E-state index in [1.807, 2.05) is 5.38 Å². The van der Waals surface area contributed by atoms with Crippen LogP contribution in [0.15, 0.2) is 21.7 Å². The van der Waals surface area contributed by atoms with Crippen molar-refractivity contribution in [3.63, 3.8) is 0 Å². The molecule has 4 aliphatic carbocycles. The molecular weight excluding hydrogens is 302 g/mol. The van der Waals surface area contributed by atoms with Gasteiger partial charge in [-0.3, -0.25) is 0 Å². The van der Waals surface area contributed by atoms with Gasteiger partial charge in [-0.05, 0) is 80.1 Å². The van der Waals surface area contributed by atoms with Crippen LogP contribution in [0.2, 0.25) is 0 Å². The number of thiophene rings is 1. The lowest BCUT2D eigenvalue weighted by Gasteiger charge is -2.56. The maximum absolute atomic E-state index is 12.4. The van der Waals surface area contributed by atoms with E-state index in [9.17, 15) is 8.42 Å². The molecule has 0 saturated heterocycles. The first-order chi connectivity index (χ1) is 10.0. The molecule has 1 aromatic rings. The third kappa shape index (κ3) is 2.47.